The molecule has 0 rings (SSSR count). The topological polar surface area (TPSA) is 129 Å². The Kier molecular flexibility index (Phi) is 37.1. The Morgan fingerprint density at radius 2 is 0.714 bits per heavy atom. The monoisotopic (exact) mass is 251 g/mol. The summed E-state index contributed by atoms with van der Waals surface area (Å²) in [6.45, 7) is 3.25. The Morgan fingerprint density at radius 1 is 0.714 bits per heavy atom. The number of hydrogen-bond acceptors (Lipinski definition) is 4. The van der Waals surface area contributed by atoms with Crippen molar-refractivity contribution in [1.82, 2.24) is 0 Å². The molecule has 0 fully saturated rings. The normalized spacial score (nSPS) is 5.64. The summed E-state index contributed by atoms with van der Waals surface area (Å²) in [4.78, 5) is 27.0. The van der Waals surface area contributed by atoms with Gasteiger partial charge < -0.3 is 15.3 Å². The van der Waals surface area contributed by atoms with E-state index in [2.05, 4.69) is 0 Å². The fourth-order valence-electron chi connectivity index (χ4n) is 0. The van der Waals surface area contributed by atoms with Gasteiger partial charge in [-0.3, -0.25) is 14.4 Å². The van der Waals surface area contributed by atoms with Crippen molar-refractivity contribution in [3.05, 3.63) is 0 Å². The Labute approximate surface area is 88.8 Å². The van der Waals surface area contributed by atoms with E-state index in [-0.39, 0.29) is 0 Å². The summed E-state index contributed by atoms with van der Waals surface area (Å²) in [6.07, 6.45) is 0. The van der Waals surface area contributed by atoms with Crippen LogP contribution in [0.5, 0.6) is 0 Å². The zero-order valence-electron chi connectivity index (χ0n) is 7.85. The van der Waals surface area contributed by atoms with Gasteiger partial charge in [0.25, 0.3) is 17.9 Å². The third kappa shape index (κ3) is 629. The summed E-state index contributed by atoms with van der Waals surface area (Å²) < 4.78 is 8.06. The van der Waals surface area contributed by atoms with Crippen LogP contribution >= 0.6 is 0 Å². The molecule has 0 aliphatic rings. The molecule has 0 heterocycles. The summed E-state index contributed by atoms with van der Waals surface area (Å²) in [7, 11) is 0. The summed E-state index contributed by atoms with van der Waals surface area (Å²) in [5.41, 5.74) is 0. The Hall–Kier alpha value is -1.27. The molecule has 0 saturated carbocycles. The summed E-state index contributed by atoms with van der Waals surface area (Å²) in [6, 6.07) is 0. The molecule has 0 aromatic heterocycles. The Morgan fingerprint density at radius 3 is 0.714 bits per heavy atom. The quantitative estimate of drug-likeness (QED) is 0.522. The van der Waals surface area contributed by atoms with Gasteiger partial charge in [0.1, 0.15) is 0 Å². The second-order valence-corrected chi connectivity index (χ2v) is 1.56. The maximum absolute atomic E-state index is 9.00. The van der Waals surface area contributed by atoms with Crippen molar-refractivity contribution in [1.29, 1.82) is 0 Å². The molecule has 0 spiro atoms. The Balaban J connectivity index is -0.0000000492. The molecule has 0 aromatic rings. The maximum atomic E-state index is 9.00. The minimum absolute atomic E-state index is 0.833. The number of hydrogen-bond donors (Lipinski definition) is 3. The summed E-state index contributed by atoms with van der Waals surface area (Å²) in [5.74, 6) is -2.50. The first-order valence-corrected chi connectivity index (χ1v) is 3.42. The van der Waals surface area contributed by atoms with E-state index in [0.717, 1.165) is 20.8 Å². The van der Waals surface area contributed by atoms with Crippen LogP contribution in [0, 0.1) is 0 Å². The van der Waals surface area contributed by atoms with Crippen molar-refractivity contribution in [3.8, 4) is 0 Å². The molecule has 0 radical (unpaired) electrons. The van der Waals surface area contributed by atoms with Crippen LogP contribution in [-0.2, 0) is 34.2 Å². The van der Waals surface area contributed by atoms with E-state index in [1.807, 2.05) is 0 Å². The van der Waals surface area contributed by atoms with Crippen LogP contribution in [0.3, 0.4) is 0 Å². The average Bonchev–Trinajstić information content (AvgIpc) is 1.86. The molecule has 7 nitrogen and oxygen atoms in total. The third-order valence-electron chi connectivity index (χ3n) is 0. The van der Waals surface area contributed by atoms with E-state index in [1.165, 1.54) is 0 Å². The van der Waals surface area contributed by atoms with Gasteiger partial charge >= 0.3 is 19.8 Å². The van der Waals surface area contributed by atoms with E-state index in [9.17, 15) is 0 Å². The van der Waals surface area contributed by atoms with Crippen molar-refractivity contribution < 1.29 is 49.5 Å². The molecule has 0 amide bonds. The number of carbonyl (C=O) groups is 3. The van der Waals surface area contributed by atoms with Crippen LogP contribution in [-0.4, -0.2) is 33.2 Å². The number of aliphatic carboxylic acids is 3. The number of rotatable bonds is 0. The van der Waals surface area contributed by atoms with Crippen molar-refractivity contribution in [3.63, 3.8) is 0 Å². The predicted molar refractivity (Wildman–Crippen MR) is 40.6 cm³/mol. The first kappa shape index (κ1) is 23.0. The van der Waals surface area contributed by atoms with Gasteiger partial charge in [-0.1, -0.05) is 0 Å². The summed E-state index contributed by atoms with van der Waals surface area (Å²) >= 11 is 1.69. The van der Waals surface area contributed by atoms with Crippen LogP contribution in [0.4, 0.5) is 0 Å². The standard InChI is InChI=1S/3C2H4O2.Mn.O/c3*1-2(3)4;;/h3*1H3,(H,3,4);;. The molecule has 0 aliphatic carbocycles. The molecule has 0 aliphatic heterocycles. The number of carboxylic acids is 3. The molecular weight excluding hydrogens is 239 g/mol. The van der Waals surface area contributed by atoms with Crippen molar-refractivity contribution in [2.75, 3.05) is 0 Å². The molecule has 8 heteroatoms. The molecule has 85 valence electrons. The van der Waals surface area contributed by atoms with Gasteiger partial charge in [0.2, 0.25) is 0 Å². The van der Waals surface area contributed by atoms with Gasteiger partial charge in [-0.05, 0) is 0 Å². The van der Waals surface area contributed by atoms with Gasteiger partial charge in [-0.2, -0.15) is 0 Å². The third-order valence-corrected chi connectivity index (χ3v) is 0. The van der Waals surface area contributed by atoms with Gasteiger partial charge in [-0.15, -0.1) is 0 Å². The molecule has 0 aromatic carbocycles. The fraction of sp³-hybridized carbons (Fsp3) is 0.500. The first-order chi connectivity index (χ1) is 6.20. The van der Waals surface area contributed by atoms with Crippen LogP contribution < -0.4 is 0 Å². The van der Waals surface area contributed by atoms with E-state index in [4.69, 9.17) is 33.5 Å². The first-order valence-electron chi connectivity index (χ1n) is 2.94. The SMILES string of the molecule is CC(=O)O.CC(=O)O.CC(=O)O.[O]=[Mn]. The van der Waals surface area contributed by atoms with Crippen molar-refractivity contribution in [2.24, 2.45) is 0 Å². The van der Waals surface area contributed by atoms with E-state index in [0.29, 0.717) is 0 Å². The number of carboxylic acid groups (broad SMARTS) is 3. The van der Waals surface area contributed by atoms with Gasteiger partial charge in [0.15, 0.2) is 0 Å². The van der Waals surface area contributed by atoms with E-state index >= 15 is 0 Å². The van der Waals surface area contributed by atoms with Crippen LogP contribution in [0.25, 0.3) is 0 Å². The van der Waals surface area contributed by atoms with Crippen molar-refractivity contribution >= 4 is 17.9 Å². The van der Waals surface area contributed by atoms with Gasteiger partial charge in [-0.25, -0.2) is 0 Å². The second-order valence-electron chi connectivity index (χ2n) is 1.56. The molecular formula is C6H12MnO7. The van der Waals surface area contributed by atoms with Crippen LogP contribution in [0.15, 0.2) is 0 Å². The summed E-state index contributed by atoms with van der Waals surface area (Å²) in [5, 5.41) is 22.2. The zero-order chi connectivity index (χ0) is 12.7. The fourth-order valence-corrected chi connectivity index (χ4v) is 0. The van der Waals surface area contributed by atoms with Gasteiger partial charge in [0, 0.05) is 20.8 Å². The molecule has 0 saturated heterocycles. The van der Waals surface area contributed by atoms with Crippen LogP contribution in [0.2, 0.25) is 0 Å². The molecule has 0 unspecified atom stereocenters. The molecule has 0 atom stereocenters. The van der Waals surface area contributed by atoms with E-state index < -0.39 is 17.9 Å². The Bertz CT molecular complexity index is 127. The van der Waals surface area contributed by atoms with Crippen LogP contribution in [0.1, 0.15) is 20.8 Å². The van der Waals surface area contributed by atoms with E-state index in [1.54, 1.807) is 15.9 Å². The minimum atomic E-state index is -0.833. The zero-order valence-corrected chi connectivity index (χ0v) is 9.03. The molecule has 3 N–H and O–H groups in total. The predicted octanol–water partition coefficient (Wildman–Crippen LogP) is 0.151. The van der Waals surface area contributed by atoms with Gasteiger partial charge in [0.05, 0.1) is 0 Å². The van der Waals surface area contributed by atoms with Crippen molar-refractivity contribution in [2.45, 2.75) is 20.8 Å². The average molecular weight is 251 g/mol. The molecule has 0 bridgehead atoms. The second kappa shape index (κ2) is 22.6. The molecule has 14 heavy (non-hydrogen) atoms.